The smallest absolute Gasteiger partial charge is 0.303 e. The van der Waals surface area contributed by atoms with Gasteiger partial charge in [-0.15, -0.1) is 0 Å². The average molecular weight is 405 g/mol. The van der Waals surface area contributed by atoms with Crippen molar-refractivity contribution in [2.24, 2.45) is 13.0 Å². The molecule has 3 heterocycles. The quantitative estimate of drug-likeness (QED) is 0.632. The number of pyridine rings is 1. The highest BCUT2D eigenvalue weighted by Crippen LogP contribution is 2.43. The van der Waals surface area contributed by atoms with E-state index in [4.69, 9.17) is 0 Å². The Morgan fingerprint density at radius 3 is 2.80 bits per heavy atom. The highest BCUT2D eigenvalue weighted by molar-refractivity contribution is 6.05. The maximum Gasteiger partial charge on any atom is 0.303 e. The summed E-state index contributed by atoms with van der Waals surface area (Å²) >= 11 is 0. The molecule has 4 rings (SSSR count). The third kappa shape index (κ3) is 3.36. The monoisotopic (exact) mass is 405 g/mol. The highest BCUT2D eigenvalue weighted by Gasteiger charge is 2.43. The lowest BCUT2D eigenvalue weighted by Gasteiger charge is -2.22. The number of aliphatic carboxylic acids is 1. The van der Waals surface area contributed by atoms with Gasteiger partial charge in [-0.05, 0) is 48.6 Å². The summed E-state index contributed by atoms with van der Waals surface area (Å²) in [5.41, 5.74) is 4.89. The second kappa shape index (κ2) is 7.94. The Morgan fingerprint density at radius 2 is 2.07 bits per heavy atom. The molecule has 1 unspecified atom stereocenters. The molecule has 0 spiro atoms. The molecule has 1 aromatic carbocycles. The number of anilines is 1. The Balaban J connectivity index is 1.75. The van der Waals surface area contributed by atoms with Crippen molar-refractivity contribution >= 4 is 28.5 Å². The lowest BCUT2D eigenvalue weighted by molar-refractivity contribution is -0.138. The van der Waals surface area contributed by atoms with Crippen LogP contribution in [0, 0.1) is 12.8 Å². The van der Waals surface area contributed by atoms with Gasteiger partial charge in [-0.3, -0.25) is 14.6 Å². The number of benzene rings is 1. The summed E-state index contributed by atoms with van der Waals surface area (Å²) < 4.78 is 2.09. The van der Waals surface area contributed by atoms with Crippen molar-refractivity contribution in [2.75, 3.05) is 4.90 Å². The summed E-state index contributed by atoms with van der Waals surface area (Å²) in [4.78, 5) is 31.4. The predicted octanol–water partition coefficient (Wildman–Crippen LogP) is 4.40. The normalized spacial score (nSPS) is 16.8. The summed E-state index contributed by atoms with van der Waals surface area (Å²) in [7, 11) is 2.01. The van der Waals surface area contributed by atoms with E-state index in [2.05, 4.69) is 34.8 Å². The van der Waals surface area contributed by atoms with E-state index in [1.165, 1.54) is 5.56 Å². The van der Waals surface area contributed by atoms with E-state index < -0.39 is 11.9 Å². The molecule has 1 N–H and O–H groups in total. The van der Waals surface area contributed by atoms with E-state index in [1.807, 2.05) is 32.2 Å². The summed E-state index contributed by atoms with van der Waals surface area (Å²) in [6, 6.07) is 9.96. The van der Waals surface area contributed by atoms with Gasteiger partial charge in [-0.2, -0.15) is 0 Å². The van der Waals surface area contributed by atoms with Gasteiger partial charge in [0.05, 0.1) is 23.8 Å². The number of amides is 1. The van der Waals surface area contributed by atoms with Crippen LogP contribution in [-0.4, -0.2) is 26.5 Å². The first-order valence-electron chi connectivity index (χ1n) is 10.4. The van der Waals surface area contributed by atoms with Gasteiger partial charge in [0.15, 0.2) is 0 Å². The minimum Gasteiger partial charge on any atom is -0.481 e. The zero-order chi connectivity index (χ0) is 21.4. The minimum atomic E-state index is -0.873. The van der Waals surface area contributed by atoms with Crippen molar-refractivity contribution in [3.8, 4) is 0 Å². The van der Waals surface area contributed by atoms with Crippen LogP contribution in [0.4, 0.5) is 5.69 Å². The van der Waals surface area contributed by atoms with E-state index in [9.17, 15) is 14.7 Å². The van der Waals surface area contributed by atoms with Gasteiger partial charge in [0.1, 0.15) is 0 Å². The maximum atomic E-state index is 13.6. The third-order valence-electron chi connectivity index (χ3n) is 6.13. The fourth-order valence-corrected chi connectivity index (χ4v) is 4.87. The fraction of sp³-hybridized carbons (Fsp3) is 0.375. The molecule has 0 saturated heterocycles. The number of hydrogen-bond donors (Lipinski definition) is 1. The Kier molecular flexibility index (Phi) is 5.33. The standard InChI is InChI=1S/C24H27N3O3/c1-4-7-16(12-20(28)29)22-23-19(10-6-11-25-23)27(24(22)30)14-17-13-26(3)18-9-5-8-15(2)21(17)18/h5-6,8-11,13,16,22H,4,7,12,14H2,1-3H3,(H,28,29)/t16-,22?/m0/s1. The molecule has 0 fully saturated rings. The van der Waals surface area contributed by atoms with Crippen LogP contribution in [0.5, 0.6) is 0 Å². The van der Waals surface area contributed by atoms with Gasteiger partial charge in [0.2, 0.25) is 5.91 Å². The maximum absolute atomic E-state index is 13.6. The predicted molar refractivity (Wildman–Crippen MR) is 116 cm³/mol. The minimum absolute atomic E-state index is 0.0263. The van der Waals surface area contributed by atoms with Crippen molar-refractivity contribution in [1.82, 2.24) is 9.55 Å². The van der Waals surface area contributed by atoms with Crippen LogP contribution in [0.15, 0.2) is 42.7 Å². The number of carbonyl (C=O) groups excluding carboxylic acids is 1. The second-order valence-electron chi connectivity index (χ2n) is 8.19. The first-order valence-corrected chi connectivity index (χ1v) is 10.4. The molecule has 2 aromatic heterocycles. The van der Waals surface area contributed by atoms with E-state index >= 15 is 0 Å². The van der Waals surface area contributed by atoms with E-state index in [0.29, 0.717) is 18.7 Å². The molecular formula is C24H27N3O3. The zero-order valence-electron chi connectivity index (χ0n) is 17.6. The largest absolute Gasteiger partial charge is 0.481 e. The molecule has 156 valence electrons. The molecule has 0 bridgehead atoms. The Bertz CT molecular complexity index is 1120. The van der Waals surface area contributed by atoms with Crippen molar-refractivity contribution in [2.45, 2.75) is 45.6 Å². The van der Waals surface area contributed by atoms with Crippen LogP contribution in [0.3, 0.4) is 0 Å². The van der Waals surface area contributed by atoms with E-state index in [0.717, 1.165) is 28.6 Å². The number of nitrogens with zero attached hydrogens (tertiary/aromatic N) is 3. The first kappa shape index (κ1) is 20.1. The summed E-state index contributed by atoms with van der Waals surface area (Å²) in [6.07, 6.45) is 5.25. The van der Waals surface area contributed by atoms with Crippen LogP contribution in [0.2, 0.25) is 0 Å². The van der Waals surface area contributed by atoms with Crippen LogP contribution in [0.25, 0.3) is 10.9 Å². The molecule has 2 atom stereocenters. The SMILES string of the molecule is CCC[C@@H](CC(=O)O)C1C(=O)N(Cc2cn(C)c3cccc(C)c23)c2cccnc21. The Morgan fingerprint density at radius 1 is 1.27 bits per heavy atom. The van der Waals surface area contributed by atoms with Gasteiger partial charge in [-0.25, -0.2) is 0 Å². The number of aryl methyl sites for hydroxylation is 2. The van der Waals surface area contributed by atoms with Crippen molar-refractivity contribution in [1.29, 1.82) is 0 Å². The first-order chi connectivity index (χ1) is 14.4. The summed E-state index contributed by atoms with van der Waals surface area (Å²) in [5.74, 6) is -1.68. The van der Waals surface area contributed by atoms with Gasteiger partial charge in [0, 0.05) is 36.8 Å². The number of fused-ring (bicyclic) bond motifs is 2. The average Bonchev–Trinajstić information content (AvgIpc) is 3.17. The number of hydrogen-bond acceptors (Lipinski definition) is 3. The van der Waals surface area contributed by atoms with Crippen LogP contribution in [-0.2, 0) is 23.2 Å². The topological polar surface area (TPSA) is 75.4 Å². The Labute approximate surface area is 176 Å². The fourth-order valence-electron chi connectivity index (χ4n) is 4.87. The summed E-state index contributed by atoms with van der Waals surface area (Å²) in [6.45, 7) is 4.55. The van der Waals surface area contributed by atoms with Crippen molar-refractivity contribution < 1.29 is 14.7 Å². The number of rotatable bonds is 7. The molecule has 1 aliphatic rings. The number of carbonyl (C=O) groups is 2. The van der Waals surface area contributed by atoms with Gasteiger partial charge in [0.25, 0.3) is 0 Å². The summed E-state index contributed by atoms with van der Waals surface area (Å²) in [5, 5.41) is 10.6. The van der Waals surface area contributed by atoms with E-state index in [-0.39, 0.29) is 18.2 Å². The Hall–Kier alpha value is -3.15. The second-order valence-corrected chi connectivity index (χ2v) is 8.19. The lowest BCUT2D eigenvalue weighted by atomic mass is 9.84. The molecular weight excluding hydrogens is 378 g/mol. The van der Waals surface area contributed by atoms with Gasteiger partial charge < -0.3 is 14.6 Å². The van der Waals surface area contributed by atoms with E-state index in [1.54, 1.807) is 11.1 Å². The molecule has 0 aliphatic carbocycles. The molecule has 3 aromatic rings. The number of aromatic nitrogens is 2. The molecule has 30 heavy (non-hydrogen) atoms. The molecule has 0 saturated carbocycles. The third-order valence-corrected chi connectivity index (χ3v) is 6.13. The highest BCUT2D eigenvalue weighted by atomic mass is 16.4. The van der Waals surface area contributed by atoms with Crippen molar-refractivity contribution in [3.63, 3.8) is 0 Å². The molecule has 1 aliphatic heterocycles. The van der Waals surface area contributed by atoms with Crippen LogP contribution in [0.1, 0.15) is 48.9 Å². The molecule has 6 heteroatoms. The molecule has 1 amide bonds. The van der Waals surface area contributed by atoms with Crippen LogP contribution < -0.4 is 4.90 Å². The number of carboxylic acids is 1. The van der Waals surface area contributed by atoms with Crippen LogP contribution >= 0.6 is 0 Å². The van der Waals surface area contributed by atoms with Crippen molar-refractivity contribution in [3.05, 3.63) is 59.5 Å². The van der Waals surface area contributed by atoms with Gasteiger partial charge >= 0.3 is 5.97 Å². The molecule has 6 nitrogen and oxygen atoms in total. The van der Waals surface area contributed by atoms with Gasteiger partial charge in [-0.1, -0.05) is 25.5 Å². The zero-order valence-corrected chi connectivity index (χ0v) is 17.6. The lowest BCUT2D eigenvalue weighted by Crippen LogP contribution is -2.31. The number of carboxylic acid groups (broad SMARTS) is 1. The molecule has 0 radical (unpaired) electrons.